The van der Waals surface area contributed by atoms with Crippen LogP contribution in [0, 0.1) is 11.3 Å². The largest absolute Gasteiger partial charge is 0.495 e. The van der Waals surface area contributed by atoms with Gasteiger partial charge in [0.15, 0.2) is 6.07 Å². The quantitative estimate of drug-likeness (QED) is 0.821. The van der Waals surface area contributed by atoms with E-state index in [1.165, 1.54) is 13.2 Å². The molecule has 5 heteroatoms. The summed E-state index contributed by atoms with van der Waals surface area (Å²) in [5.41, 5.74) is 0.466. The van der Waals surface area contributed by atoms with E-state index in [-0.39, 0.29) is 0 Å². The van der Waals surface area contributed by atoms with Crippen LogP contribution in [0.15, 0.2) is 22.7 Å². The van der Waals surface area contributed by atoms with Crippen LogP contribution in [0.25, 0.3) is 0 Å². The molecule has 1 aromatic rings. The van der Waals surface area contributed by atoms with E-state index in [4.69, 9.17) is 10.00 Å². The molecule has 1 rings (SSSR count). The standard InChI is InChI=1S/C9H7BrN2O2/c1-14-8-3-2-6(10)4-7(8)12-9(13)5-11/h2-4H,1H3,(H,12,13). The summed E-state index contributed by atoms with van der Waals surface area (Å²) in [4.78, 5) is 10.8. The first-order chi connectivity index (χ1) is 6.67. The number of carbonyl (C=O) groups is 1. The number of nitrogens with zero attached hydrogens (tertiary/aromatic N) is 1. The van der Waals surface area contributed by atoms with E-state index in [2.05, 4.69) is 21.2 Å². The highest BCUT2D eigenvalue weighted by Gasteiger charge is 2.06. The van der Waals surface area contributed by atoms with Crippen LogP contribution >= 0.6 is 15.9 Å². The summed E-state index contributed by atoms with van der Waals surface area (Å²) in [5.74, 6) is -0.210. The maximum absolute atomic E-state index is 10.8. The van der Waals surface area contributed by atoms with Crippen LogP contribution in [0.3, 0.4) is 0 Å². The number of carbonyl (C=O) groups excluding carboxylic acids is 1. The summed E-state index contributed by atoms with van der Waals surface area (Å²) in [5, 5.41) is 10.7. The van der Waals surface area contributed by atoms with Crippen LogP contribution in [0.4, 0.5) is 5.69 Å². The first-order valence-electron chi connectivity index (χ1n) is 3.72. The third kappa shape index (κ3) is 2.47. The Labute approximate surface area is 89.6 Å². The molecule has 0 bridgehead atoms. The second kappa shape index (κ2) is 4.63. The van der Waals surface area contributed by atoms with Gasteiger partial charge in [-0.05, 0) is 18.2 Å². The molecule has 1 aromatic carbocycles. The van der Waals surface area contributed by atoms with E-state index in [1.54, 1.807) is 18.2 Å². The van der Waals surface area contributed by atoms with Gasteiger partial charge in [0.05, 0.1) is 12.8 Å². The van der Waals surface area contributed by atoms with Crippen molar-refractivity contribution < 1.29 is 9.53 Å². The molecule has 0 aromatic heterocycles. The lowest BCUT2D eigenvalue weighted by atomic mass is 10.3. The lowest BCUT2D eigenvalue weighted by molar-refractivity contribution is -0.111. The number of hydrogen-bond donors (Lipinski definition) is 1. The smallest absolute Gasteiger partial charge is 0.326 e. The highest BCUT2D eigenvalue weighted by Crippen LogP contribution is 2.27. The van der Waals surface area contributed by atoms with Crippen LogP contribution in [0.2, 0.25) is 0 Å². The second-order valence-electron chi connectivity index (χ2n) is 2.41. The van der Waals surface area contributed by atoms with Gasteiger partial charge in [0.25, 0.3) is 0 Å². The molecule has 0 radical (unpaired) electrons. The van der Waals surface area contributed by atoms with Crippen molar-refractivity contribution in [3.05, 3.63) is 22.7 Å². The fourth-order valence-corrected chi connectivity index (χ4v) is 1.29. The minimum atomic E-state index is -0.721. The van der Waals surface area contributed by atoms with Crippen molar-refractivity contribution >= 4 is 27.5 Å². The zero-order valence-electron chi connectivity index (χ0n) is 7.37. The van der Waals surface area contributed by atoms with E-state index in [0.29, 0.717) is 11.4 Å². The number of nitrogens with one attached hydrogen (secondary N) is 1. The number of hydrogen-bond acceptors (Lipinski definition) is 3. The monoisotopic (exact) mass is 254 g/mol. The van der Waals surface area contributed by atoms with Gasteiger partial charge in [-0.15, -0.1) is 0 Å². The number of amides is 1. The third-order valence-electron chi connectivity index (χ3n) is 1.51. The van der Waals surface area contributed by atoms with Gasteiger partial charge in [-0.1, -0.05) is 15.9 Å². The fraction of sp³-hybridized carbons (Fsp3) is 0.111. The minimum Gasteiger partial charge on any atom is -0.495 e. The highest BCUT2D eigenvalue weighted by molar-refractivity contribution is 9.10. The maximum atomic E-state index is 10.8. The first kappa shape index (κ1) is 10.5. The van der Waals surface area contributed by atoms with E-state index >= 15 is 0 Å². The predicted molar refractivity (Wildman–Crippen MR) is 54.9 cm³/mol. The molecule has 0 spiro atoms. The molecular formula is C9H7BrN2O2. The predicted octanol–water partition coefficient (Wildman–Crippen LogP) is 1.92. The Morgan fingerprint density at radius 2 is 2.36 bits per heavy atom. The number of rotatable bonds is 2. The van der Waals surface area contributed by atoms with Crippen molar-refractivity contribution in [1.29, 1.82) is 5.26 Å². The number of anilines is 1. The molecule has 0 aliphatic rings. The SMILES string of the molecule is COc1ccc(Br)cc1NC(=O)C#N. The van der Waals surface area contributed by atoms with Gasteiger partial charge in [-0.2, -0.15) is 5.26 Å². The summed E-state index contributed by atoms with van der Waals surface area (Å²) < 4.78 is 5.80. The minimum absolute atomic E-state index is 0.466. The Morgan fingerprint density at radius 3 is 2.93 bits per heavy atom. The van der Waals surface area contributed by atoms with Gasteiger partial charge in [0, 0.05) is 4.47 Å². The summed E-state index contributed by atoms with van der Waals surface area (Å²) >= 11 is 3.25. The van der Waals surface area contributed by atoms with Crippen LogP contribution < -0.4 is 10.1 Å². The van der Waals surface area contributed by atoms with Gasteiger partial charge in [-0.3, -0.25) is 4.79 Å². The number of ether oxygens (including phenoxy) is 1. The van der Waals surface area contributed by atoms with E-state index in [9.17, 15) is 4.79 Å². The zero-order valence-corrected chi connectivity index (χ0v) is 8.96. The van der Waals surface area contributed by atoms with Crippen molar-refractivity contribution in [2.75, 3.05) is 12.4 Å². The molecule has 0 atom stereocenters. The van der Waals surface area contributed by atoms with Crippen LogP contribution in [-0.2, 0) is 4.79 Å². The van der Waals surface area contributed by atoms with Crippen LogP contribution in [0.1, 0.15) is 0 Å². The fourth-order valence-electron chi connectivity index (χ4n) is 0.928. The van der Waals surface area contributed by atoms with Crippen molar-refractivity contribution in [3.8, 4) is 11.8 Å². The molecule has 0 aliphatic carbocycles. The Morgan fingerprint density at radius 1 is 1.64 bits per heavy atom. The molecule has 0 aliphatic heterocycles. The van der Waals surface area contributed by atoms with Gasteiger partial charge >= 0.3 is 5.91 Å². The Kier molecular flexibility index (Phi) is 3.48. The third-order valence-corrected chi connectivity index (χ3v) is 2.00. The summed E-state index contributed by atoms with van der Waals surface area (Å²) in [6.45, 7) is 0. The number of methoxy groups -OCH3 is 1. The van der Waals surface area contributed by atoms with Crippen LogP contribution in [0.5, 0.6) is 5.75 Å². The molecule has 4 nitrogen and oxygen atoms in total. The van der Waals surface area contributed by atoms with E-state index < -0.39 is 5.91 Å². The van der Waals surface area contributed by atoms with E-state index in [0.717, 1.165) is 4.47 Å². The Bertz CT molecular complexity index is 398. The topological polar surface area (TPSA) is 62.1 Å². The van der Waals surface area contributed by atoms with Crippen LogP contribution in [-0.4, -0.2) is 13.0 Å². The second-order valence-corrected chi connectivity index (χ2v) is 3.33. The average Bonchev–Trinajstić information content (AvgIpc) is 2.18. The van der Waals surface area contributed by atoms with Crippen molar-refractivity contribution in [2.45, 2.75) is 0 Å². The first-order valence-corrected chi connectivity index (χ1v) is 4.51. The molecule has 1 amide bonds. The molecule has 14 heavy (non-hydrogen) atoms. The lowest BCUT2D eigenvalue weighted by Crippen LogP contribution is -2.09. The summed E-state index contributed by atoms with van der Waals surface area (Å²) in [7, 11) is 1.49. The highest BCUT2D eigenvalue weighted by atomic mass is 79.9. The molecule has 0 fully saturated rings. The molecule has 0 saturated carbocycles. The number of nitriles is 1. The van der Waals surface area contributed by atoms with Crippen molar-refractivity contribution in [1.82, 2.24) is 0 Å². The lowest BCUT2D eigenvalue weighted by Gasteiger charge is -2.07. The Balaban J connectivity index is 3.00. The molecular weight excluding hydrogens is 248 g/mol. The zero-order chi connectivity index (χ0) is 10.6. The van der Waals surface area contributed by atoms with Gasteiger partial charge < -0.3 is 10.1 Å². The molecule has 72 valence electrons. The normalized spacial score (nSPS) is 8.93. The van der Waals surface area contributed by atoms with Crippen molar-refractivity contribution in [2.24, 2.45) is 0 Å². The molecule has 0 heterocycles. The number of benzene rings is 1. The Hall–Kier alpha value is -1.54. The van der Waals surface area contributed by atoms with Gasteiger partial charge in [0.2, 0.25) is 0 Å². The van der Waals surface area contributed by atoms with Gasteiger partial charge in [-0.25, -0.2) is 0 Å². The number of halogens is 1. The maximum Gasteiger partial charge on any atom is 0.326 e. The van der Waals surface area contributed by atoms with Crippen molar-refractivity contribution in [3.63, 3.8) is 0 Å². The summed E-state index contributed by atoms with van der Waals surface area (Å²) in [6.07, 6.45) is 0. The molecule has 0 unspecified atom stereocenters. The van der Waals surface area contributed by atoms with Gasteiger partial charge in [0.1, 0.15) is 5.75 Å². The summed E-state index contributed by atoms with van der Waals surface area (Å²) in [6, 6.07) is 6.59. The molecule has 0 saturated heterocycles. The molecule has 1 N–H and O–H groups in total. The average molecular weight is 255 g/mol. The van der Waals surface area contributed by atoms with E-state index in [1.807, 2.05) is 0 Å².